The number of hydrogen-bond donors (Lipinski definition) is 2. The predicted octanol–water partition coefficient (Wildman–Crippen LogP) is 2.38. The standard InChI is InChI=1S/C23H26FN3O4/c1-31-19-11-7-16(8-12-19)21(28)25-13-3-14-26-22(29)20-4-2-15-27(20)23(30)17-5-9-18(24)10-6-17/h5-12,20H,2-4,13-15H2,1H3,(H,25,28)(H,26,29)/t20-/m0/s1. The van der Waals surface area contributed by atoms with Gasteiger partial charge in [0.15, 0.2) is 0 Å². The molecule has 0 aliphatic carbocycles. The van der Waals surface area contributed by atoms with Crippen molar-refractivity contribution in [2.75, 3.05) is 26.7 Å². The predicted molar refractivity (Wildman–Crippen MR) is 113 cm³/mol. The minimum atomic E-state index is -0.536. The summed E-state index contributed by atoms with van der Waals surface area (Å²) in [4.78, 5) is 38.9. The quantitative estimate of drug-likeness (QED) is 0.634. The number of nitrogens with one attached hydrogen (secondary N) is 2. The van der Waals surface area contributed by atoms with Crippen molar-refractivity contribution in [2.45, 2.75) is 25.3 Å². The minimum Gasteiger partial charge on any atom is -0.497 e. The Labute approximate surface area is 180 Å². The maximum atomic E-state index is 13.1. The maximum absolute atomic E-state index is 13.1. The molecular formula is C23H26FN3O4. The monoisotopic (exact) mass is 427 g/mol. The summed E-state index contributed by atoms with van der Waals surface area (Å²) in [7, 11) is 1.56. The summed E-state index contributed by atoms with van der Waals surface area (Å²) >= 11 is 0. The zero-order valence-corrected chi connectivity index (χ0v) is 17.4. The number of methoxy groups -OCH3 is 1. The fourth-order valence-electron chi connectivity index (χ4n) is 3.50. The molecule has 3 rings (SSSR count). The highest BCUT2D eigenvalue weighted by atomic mass is 19.1. The number of carbonyl (C=O) groups excluding carboxylic acids is 3. The van der Waals surface area contributed by atoms with Gasteiger partial charge in [0.2, 0.25) is 5.91 Å². The molecule has 0 aromatic heterocycles. The van der Waals surface area contributed by atoms with Gasteiger partial charge in [0, 0.05) is 30.8 Å². The molecule has 2 N–H and O–H groups in total. The second kappa shape index (κ2) is 10.6. The van der Waals surface area contributed by atoms with Crippen LogP contribution in [0.5, 0.6) is 5.75 Å². The molecule has 1 aliphatic rings. The van der Waals surface area contributed by atoms with Crippen molar-refractivity contribution in [2.24, 2.45) is 0 Å². The molecule has 8 heteroatoms. The van der Waals surface area contributed by atoms with Crippen LogP contribution in [0.1, 0.15) is 40.0 Å². The topological polar surface area (TPSA) is 87.7 Å². The van der Waals surface area contributed by atoms with Crippen LogP contribution in [0.25, 0.3) is 0 Å². The lowest BCUT2D eigenvalue weighted by Gasteiger charge is -2.24. The van der Waals surface area contributed by atoms with Crippen molar-refractivity contribution in [3.8, 4) is 5.75 Å². The van der Waals surface area contributed by atoms with E-state index in [0.29, 0.717) is 49.4 Å². The van der Waals surface area contributed by atoms with Crippen molar-refractivity contribution in [1.82, 2.24) is 15.5 Å². The molecule has 1 fully saturated rings. The highest BCUT2D eigenvalue weighted by Gasteiger charge is 2.34. The van der Waals surface area contributed by atoms with Gasteiger partial charge in [0.1, 0.15) is 17.6 Å². The molecule has 0 bridgehead atoms. The van der Waals surface area contributed by atoms with Crippen LogP contribution in [-0.4, -0.2) is 55.4 Å². The molecule has 1 atom stereocenters. The zero-order chi connectivity index (χ0) is 22.2. The van der Waals surface area contributed by atoms with Crippen molar-refractivity contribution >= 4 is 17.7 Å². The number of carbonyl (C=O) groups is 3. The smallest absolute Gasteiger partial charge is 0.254 e. The number of benzene rings is 2. The molecule has 1 saturated heterocycles. The van der Waals surface area contributed by atoms with Crippen LogP contribution >= 0.6 is 0 Å². The Morgan fingerprint density at radius 1 is 1.00 bits per heavy atom. The second-order valence-electron chi connectivity index (χ2n) is 7.29. The molecule has 164 valence electrons. The first kappa shape index (κ1) is 22.3. The molecule has 2 aromatic rings. The van der Waals surface area contributed by atoms with Crippen LogP contribution in [0.3, 0.4) is 0 Å². The van der Waals surface area contributed by atoms with Gasteiger partial charge in [0.05, 0.1) is 7.11 Å². The third-order valence-corrected chi connectivity index (χ3v) is 5.20. The summed E-state index contributed by atoms with van der Waals surface area (Å²) in [6, 6.07) is 11.6. The van der Waals surface area contributed by atoms with E-state index in [1.54, 1.807) is 31.4 Å². The molecule has 0 unspecified atom stereocenters. The molecule has 3 amide bonds. The summed E-state index contributed by atoms with van der Waals surface area (Å²) in [5.74, 6) is -0.413. The van der Waals surface area contributed by atoms with E-state index in [0.717, 1.165) is 6.42 Å². The molecule has 1 aliphatic heterocycles. The third kappa shape index (κ3) is 5.81. The first-order valence-electron chi connectivity index (χ1n) is 10.3. The summed E-state index contributed by atoms with van der Waals surface area (Å²) in [5.41, 5.74) is 0.896. The maximum Gasteiger partial charge on any atom is 0.254 e. The van der Waals surface area contributed by atoms with Crippen LogP contribution in [0.15, 0.2) is 48.5 Å². The summed E-state index contributed by atoms with van der Waals surface area (Å²) in [5, 5.41) is 5.64. The highest BCUT2D eigenvalue weighted by Crippen LogP contribution is 2.20. The molecule has 0 saturated carbocycles. The molecule has 2 aromatic carbocycles. The normalized spacial score (nSPS) is 15.4. The Morgan fingerprint density at radius 3 is 2.32 bits per heavy atom. The largest absolute Gasteiger partial charge is 0.497 e. The number of hydrogen-bond acceptors (Lipinski definition) is 4. The lowest BCUT2D eigenvalue weighted by atomic mass is 10.1. The summed E-state index contributed by atoms with van der Waals surface area (Å²) < 4.78 is 18.2. The van der Waals surface area contributed by atoms with E-state index < -0.39 is 11.9 Å². The number of nitrogens with zero attached hydrogens (tertiary/aromatic N) is 1. The average molecular weight is 427 g/mol. The number of amides is 3. The molecular weight excluding hydrogens is 401 g/mol. The van der Waals surface area contributed by atoms with Gasteiger partial charge in [-0.3, -0.25) is 14.4 Å². The van der Waals surface area contributed by atoms with Crippen LogP contribution in [0, 0.1) is 5.82 Å². The van der Waals surface area contributed by atoms with E-state index in [1.807, 2.05) is 0 Å². The van der Waals surface area contributed by atoms with E-state index >= 15 is 0 Å². The van der Waals surface area contributed by atoms with E-state index in [4.69, 9.17) is 4.74 Å². The lowest BCUT2D eigenvalue weighted by molar-refractivity contribution is -0.124. The van der Waals surface area contributed by atoms with E-state index in [-0.39, 0.29) is 17.7 Å². The van der Waals surface area contributed by atoms with E-state index in [1.165, 1.54) is 29.2 Å². The summed E-state index contributed by atoms with van der Waals surface area (Å²) in [6.07, 6.45) is 1.89. The van der Waals surface area contributed by atoms with Crippen LogP contribution < -0.4 is 15.4 Å². The number of halogens is 1. The van der Waals surface area contributed by atoms with E-state index in [2.05, 4.69) is 10.6 Å². The number of ether oxygens (including phenoxy) is 1. The third-order valence-electron chi connectivity index (χ3n) is 5.20. The van der Waals surface area contributed by atoms with Crippen molar-refractivity contribution in [3.05, 3.63) is 65.5 Å². The summed E-state index contributed by atoms with van der Waals surface area (Å²) in [6.45, 7) is 1.29. The van der Waals surface area contributed by atoms with Crippen LogP contribution in [0.2, 0.25) is 0 Å². The van der Waals surface area contributed by atoms with Crippen LogP contribution in [-0.2, 0) is 4.79 Å². The first-order valence-corrected chi connectivity index (χ1v) is 10.3. The molecule has 31 heavy (non-hydrogen) atoms. The highest BCUT2D eigenvalue weighted by molar-refractivity contribution is 5.98. The van der Waals surface area contributed by atoms with Crippen molar-refractivity contribution in [1.29, 1.82) is 0 Å². The Kier molecular flexibility index (Phi) is 7.59. The number of rotatable bonds is 8. The Morgan fingerprint density at radius 2 is 1.65 bits per heavy atom. The molecule has 0 spiro atoms. The second-order valence-corrected chi connectivity index (χ2v) is 7.29. The molecule has 1 heterocycles. The Hall–Kier alpha value is -3.42. The van der Waals surface area contributed by atoms with Crippen molar-refractivity contribution in [3.63, 3.8) is 0 Å². The Balaban J connectivity index is 1.41. The zero-order valence-electron chi connectivity index (χ0n) is 17.4. The van der Waals surface area contributed by atoms with Gasteiger partial charge in [-0.25, -0.2) is 4.39 Å². The molecule has 7 nitrogen and oxygen atoms in total. The van der Waals surface area contributed by atoms with Gasteiger partial charge in [-0.05, 0) is 67.8 Å². The Bertz CT molecular complexity index is 915. The van der Waals surface area contributed by atoms with Gasteiger partial charge in [-0.1, -0.05) is 0 Å². The van der Waals surface area contributed by atoms with Crippen LogP contribution in [0.4, 0.5) is 4.39 Å². The SMILES string of the molecule is COc1ccc(C(=O)NCCCNC(=O)[C@@H]2CCCN2C(=O)c2ccc(F)cc2)cc1. The van der Waals surface area contributed by atoms with Gasteiger partial charge < -0.3 is 20.3 Å². The van der Waals surface area contributed by atoms with Gasteiger partial charge in [0.25, 0.3) is 11.8 Å². The van der Waals surface area contributed by atoms with Crippen molar-refractivity contribution < 1.29 is 23.5 Å². The first-order chi connectivity index (χ1) is 15.0. The molecule has 0 radical (unpaired) electrons. The fraction of sp³-hybridized carbons (Fsp3) is 0.348. The minimum absolute atomic E-state index is 0.194. The number of likely N-dealkylation sites (tertiary alicyclic amines) is 1. The van der Waals surface area contributed by atoms with Gasteiger partial charge >= 0.3 is 0 Å². The lowest BCUT2D eigenvalue weighted by Crippen LogP contribution is -2.46. The van der Waals surface area contributed by atoms with Gasteiger partial charge in [-0.15, -0.1) is 0 Å². The van der Waals surface area contributed by atoms with E-state index in [9.17, 15) is 18.8 Å². The fourth-order valence-corrected chi connectivity index (χ4v) is 3.50. The van der Waals surface area contributed by atoms with Gasteiger partial charge in [-0.2, -0.15) is 0 Å². The average Bonchev–Trinajstić information content (AvgIpc) is 3.29.